The van der Waals surface area contributed by atoms with E-state index in [9.17, 15) is 9.35 Å². The van der Waals surface area contributed by atoms with Crippen LogP contribution in [-0.2, 0) is 18.4 Å². The van der Waals surface area contributed by atoms with Gasteiger partial charge in [0.15, 0.2) is 11.6 Å². The van der Waals surface area contributed by atoms with Crippen molar-refractivity contribution in [3.8, 4) is 11.6 Å². The van der Waals surface area contributed by atoms with Crippen LogP contribution < -0.4 is 5.56 Å². The average molecular weight is 436 g/mol. The average Bonchev–Trinajstić information content (AvgIpc) is 3.13. The molecule has 1 atom stereocenters. The molecule has 0 aliphatic heterocycles. The molecule has 0 fully saturated rings. The first-order valence-corrected chi connectivity index (χ1v) is 11.1. The fourth-order valence-electron chi connectivity index (χ4n) is 3.42. The van der Waals surface area contributed by atoms with Crippen molar-refractivity contribution in [2.75, 3.05) is 0 Å². The number of para-hydroxylation sites is 1. The number of hydrogen-bond donors (Lipinski definition) is 0. The van der Waals surface area contributed by atoms with Gasteiger partial charge >= 0.3 is 0 Å². The van der Waals surface area contributed by atoms with Crippen LogP contribution in [-0.4, -0.2) is 24.6 Å². The van der Waals surface area contributed by atoms with Crippen molar-refractivity contribution >= 4 is 38.9 Å². The Bertz CT molecular complexity index is 1360. The van der Waals surface area contributed by atoms with Gasteiger partial charge in [0, 0.05) is 18.0 Å². The lowest BCUT2D eigenvalue weighted by molar-refractivity contribution is 0.561. The van der Waals surface area contributed by atoms with Crippen LogP contribution in [0.3, 0.4) is 0 Å². The van der Waals surface area contributed by atoms with Gasteiger partial charge in [0.05, 0.1) is 16.6 Å². The van der Waals surface area contributed by atoms with E-state index in [4.69, 9.17) is 9.40 Å². The molecule has 0 aliphatic rings. The lowest BCUT2D eigenvalue weighted by Crippen LogP contribution is -2.27. The van der Waals surface area contributed by atoms with E-state index in [-0.39, 0.29) is 5.56 Å². The van der Waals surface area contributed by atoms with Crippen LogP contribution >= 0.6 is 0 Å². The second-order valence-corrected chi connectivity index (χ2v) is 10.6. The van der Waals surface area contributed by atoms with Gasteiger partial charge in [-0.05, 0) is 64.4 Å². The van der Waals surface area contributed by atoms with Gasteiger partial charge in [0.2, 0.25) is 0 Å². The summed E-state index contributed by atoms with van der Waals surface area (Å²) in [5.41, 5.74) is 3.27. The zero-order valence-corrected chi connectivity index (χ0v) is 19.3. The van der Waals surface area contributed by atoms with Crippen molar-refractivity contribution in [1.82, 2.24) is 9.55 Å². The van der Waals surface area contributed by atoms with E-state index in [0.717, 1.165) is 16.5 Å². The Hall–Kier alpha value is -2.90. The molecule has 0 radical (unpaired) electrons. The van der Waals surface area contributed by atoms with Gasteiger partial charge in [-0.15, -0.1) is 0 Å². The van der Waals surface area contributed by atoms with E-state index in [0.29, 0.717) is 33.8 Å². The van der Waals surface area contributed by atoms with E-state index in [1.54, 1.807) is 14.0 Å². The van der Waals surface area contributed by atoms with E-state index in [1.807, 2.05) is 70.2 Å². The Morgan fingerprint density at radius 2 is 1.90 bits per heavy atom. The summed E-state index contributed by atoms with van der Waals surface area (Å²) in [6.45, 7) is 9.35. The highest BCUT2D eigenvalue weighted by Crippen LogP contribution is 2.28. The Labute approximate surface area is 184 Å². The molecular formula is C24H25N3O3S. The van der Waals surface area contributed by atoms with Crippen molar-refractivity contribution in [3.63, 3.8) is 0 Å². The van der Waals surface area contributed by atoms with Gasteiger partial charge in [0.1, 0.15) is 21.7 Å². The Morgan fingerprint density at radius 1 is 1.19 bits per heavy atom. The molecule has 0 amide bonds. The number of hydrogen-bond acceptors (Lipinski definition) is 5. The third kappa shape index (κ3) is 3.91. The minimum atomic E-state index is -1.42. The Kier molecular flexibility index (Phi) is 5.27. The molecule has 6 nitrogen and oxygen atoms in total. The molecule has 0 saturated heterocycles. The largest absolute Gasteiger partial charge is 0.591 e. The molecule has 0 spiro atoms. The minimum absolute atomic E-state index is 0.171. The third-order valence-electron chi connectivity index (χ3n) is 5.10. The van der Waals surface area contributed by atoms with Crippen LogP contribution in [0.5, 0.6) is 0 Å². The lowest BCUT2D eigenvalue weighted by atomic mass is 10.0. The molecule has 4 rings (SSSR count). The smallest absolute Gasteiger partial charge is 0.261 e. The third-order valence-corrected chi connectivity index (χ3v) is 6.59. The summed E-state index contributed by atoms with van der Waals surface area (Å²) in [5, 5.41) is 1.43. The molecular weight excluding hydrogens is 410 g/mol. The van der Waals surface area contributed by atoms with E-state index in [2.05, 4.69) is 4.40 Å². The quantitative estimate of drug-likeness (QED) is 0.337. The zero-order valence-electron chi connectivity index (χ0n) is 18.5. The molecule has 0 bridgehead atoms. The van der Waals surface area contributed by atoms with Gasteiger partial charge < -0.3 is 8.97 Å². The molecule has 160 valence electrons. The first-order valence-electron chi connectivity index (χ1n) is 10.0. The highest BCUT2D eigenvalue weighted by Gasteiger charge is 2.27. The number of furan rings is 1. The number of aryl methyl sites for hydroxylation is 1. The summed E-state index contributed by atoms with van der Waals surface area (Å²) in [7, 11) is 1.69. The molecule has 2 aromatic carbocycles. The molecule has 2 aromatic heterocycles. The predicted octanol–water partition coefficient (Wildman–Crippen LogP) is 4.93. The van der Waals surface area contributed by atoms with Crippen LogP contribution in [0, 0.1) is 6.92 Å². The fraction of sp³-hybridized carbons (Fsp3) is 0.292. The summed E-state index contributed by atoms with van der Waals surface area (Å²) < 4.78 is 24.0. The molecule has 0 N–H and O–H groups in total. The number of rotatable bonds is 3. The maximum atomic E-state index is 13.2. The monoisotopic (exact) mass is 435 g/mol. The zero-order chi connectivity index (χ0) is 22.5. The van der Waals surface area contributed by atoms with Crippen LogP contribution in [0.2, 0.25) is 0 Å². The van der Waals surface area contributed by atoms with Crippen molar-refractivity contribution < 1.29 is 8.97 Å². The van der Waals surface area contributed by atoms with Crippen molar-refractivity contribution in [1.29, 1.82) is 0 Å². The number of aromatic nitrogens is 2. The standard InChI is InChI=1S/C24H25N3O3S/c1-14-11-17(15(2)26-31(29)24(3,4)5)21-18(12-14)23(28)27(6)22(25-21)20-13-16-9-7-8-10-19(16)30-20/h7-13H,1-6H3/b26-15-/t31-/m1/s1. The molecule has 7 heteroatoms. The first-order chi connectivity index (χ1) is 14.6. The van der Waals surface area contributed by atoms with Crippen LogP contribution in [0.1, 0.15) is 38.8 Å². The van der Waals surface area contributed by atoms with Crippen molar-refractivity contribution in [3.05, 3.63) is 63.9 Å². The van der Waals surface area contributed by atoms with Gasteiger partial charge in [-0.1, -0.05) is 22.6 Å². The molecule has 31 heavy (non-hydrogen) atoms. The predicted molar refractivity (Wildman–Crippen MR) is 127 cm³/mol. The van der Waals surface area contributed by atoms with E-state index < -0.39 is 16.1 Å². The summed E-state index contributed by atoms with van der Waals surface area (Å²) in [6.07, 6.45) is 0. The summed E-state index contributed by atoms with van der Waals surface area (Å²) in [5.74, 6) is 0.950. The lowest BCUT2D eigenvalue weighted by Gasteiger charge is -2.19. The second kappa shape index (κ2) is 7.66. The minimum Gasteiger partial charge on any atom is -0.591 e. The normalized spacial score (nSPS) is 13.8. The maximum Gasteiger partial charge on any atom is 0.261 e. The fourth-order valence-corrected chi connectivity index (χ4v) is 4.04. The molecule has 0 aliphatic carbocycles. The van der Waals surface area contributed by atoms with Crippen molar-refractivity contribution in [2.45, 2.75) is 39.4 Å². The maximum absolute atomic E-state index is 13.2. The second-order valence-electron chi connectivity index (χ2n) is 8.69. The summed E-state index contributed by atoms with van der Waals surface area (Å²) in [6, 6.07) is 13.3. The first kappa shape index (κ1) is 21.3. The van der Waals surface area contributed by atoms with Gasteiger partial charge in [0.25, 0.3) is 5.56 Å². The number of fused-ring (bicyclic) bond motifs is 2. The van der Waals surface area contributed by atoms with E-state index in [1.165, 1.54) is 4.57 Å². The molecule has 4 aromatic rings. The van der Waals surface area contributed by atoms with Crippen LogP contribution in [0.4, 0.5) is 0 Å². The van der Waals surface area contributed by atoms with Crippen LogP contribution in [0.15, 0.2) is 56.1 Å². The topological polar surface area (TPSA) is 83.5 Å². The van der Waals surface area contributed by atoms with Gasteiger partial charge in [-0.3, -0.25) is 9.36 Å². The van der Waals surface area contributed by atoms with Gasteiger partial charge in [-0.25, -0.2) is 4.98 Å². The number of nitrogens with zero attached hydrogens (tertiary/aromatic N) is 3. The highest BCUT2D eigenvalue weighted by molar-refractivity contribution is 7.91. The molecule has 0 saturated carbocycles. The highest BCUT2D eigenvalue weighted by atomic mass is 32.2. The molecule has 0 unspecified atom stereocenters. The Balaban J connectivity index is 1.98. The summed E-state index contributed by atoms with van der Waals surface area (Å²) >= 11 is -1.42. The van der Waals surface area contributed by atoms with E-state index >= 15 is 0 Å². The molecule has 2 heterocycles. The number of benzene rings is 2. The van der Waals surface area contributed by atoms with Crippen LogP contribution in [0.25, 0.3) is 33.5 Å². The van der Waals surface area contributed by atoms with Crippen molar-refractivity contribution in [2.24, 2.45) is 11.4 Å². The summed E-state index contributed by atoms with van der Waals surface area (Å²) in [4.78, 5) is 18.0. The SMILES string of the molecule is C/C(=N/[S@+]([O-])C(C)(C)C)c1cc(C)cc2c(=O)n(C)c(-c3cc4ccccc4o3)nc12. The Morgan fingerprint density at radius 3 is 2.58 bits per heavy atom. The van der Waals surface area contributed by atoms with Gasteiger partial charge in [-0.2, -0.15) is 0 Å².